The molecule has 137 valence electrons. The number of aromatic hydroxyl groups is 1. The summed E-state index contributed by atoms with van der Waals surface area (Å²) in [4.78, 5) is 8.83. The van der Waals surface area contributed by atoms with Crippen LogP contribution in [0.15, 0.2) is 121 Å². The number of rotatable bonds is 3. The van der Waals surface area contributed by atoms with Crippen molar-refractivity contribution in [3.63, 3.8) is 0 Å². The molecule has 0 unspecified atom stereocenters. The monoisotopic (exact) mass is 474 g/mol. The van der Waals surface area contributed by atoms with Crippen molar-refractivity contribution in [1.82, 2.24) is 0 Å². The molecule has 0 atom stereocenters. The standard InChI is InChI=1S/C7H6O2.3C6H5.Sn/c8-6-4-2-1-3-5-7(6)9;3*1-2-4-6-5-3-1;/h1-5H,(H,8,9);3*1-5H;/p+1. The second kappa shape index (κ2) is 10.5. The molecule has 4 aromatic carbocycles. The van der Waals surface area contributed by atoms with Crippen molar-refractivity contribution in [2.45, 2.75) is 0 Å². The molecule has 0 aromatic heterocycles. The average Bonchev–Trinajstić information content (AvgIpc) is 2.95. The normalized spacial score (nSPS) is 10.0. The maximum absolute atomic E-state index is 8.83. The summed E-state index contributed by atoms with van der Waals surface area (Å²) in [7, 11) is 0. The summed E-state index contributed by atoms with van der Waals surface area (Å²) in [6, 6.07) is 40.8. The molecule has 0 spiro atoms. The average molecular weight is 473 g/mol. The predicted molar refractivity (Wildman–Crippen MR) is 117 cm³/mol. The number of hydrogen-bond acceptors (Lipinski definition) is 1. The van der Waals surface area contributed by atoms with Crippen molar-refractivity contribution in [2.75, 3.05) is 0 Å². The summed E-state index contributed by atoms with van der Waals surface area (Å²) in [6.07, 6.45) is 0. The molecule has 3 heteroatoms. The molecule has 0 aliphatic rings. The molecular formula is C25H22O2Sn+. The van der Waals surface area contributed by atoms with Gasteiger partial charge in [0.25, 0.3) is 0 Å². The summed E-state index contributed by atoms with van der Waals surface area (Å²) in [6.45, 7) is 0. The van der Waals surface area contributed by atoms with Gasteiger partial charge in [0, 0.05) is 6.07 Å². The molecule has 0 amide bonds. The van der Waals surface area contributed by atoms with Crippen LogP contribution < -0.4 is 16.2 Å². The molecule has 2 N–H and O–H groups in total. The van der Waals surface area contributed by atoms with Crippen molar-refractivity contribution in [3.8, 4) is 5.75 Å². The third-order valence-corrected chi connectivity index (χ3v) is 12.0. The van der Waals surface area contributed by atoms with Crippen LogP contribution in [0.5, 0.6) is 5.75 Å². The third-order valence-electron chi connectivity index (χ3n) is 4.18. The Morgan fingerprint density at radius 1 is 0.464 bits per heavy atom. The van der Waals surface area contributed by atoms with Crippen LogP contribution in [0.3, 0.4) is 0 Å². The maximum atomic E-state index is 8.83. The molecule has 1 radical (unpaired) electrons. The molecule has 0 bridgehead atoms. The first kappa shape index (κ1) is 19.9. The van der Waals surface area contributed by atoms with Gasteiger partial charge in [-0.15, -0.1) is 0 Å². The van der Waals surface area contributed by atoms with Crippen LogP contribution in [-0.4, -0.2) is 29.7 Å². The zero-order chi connectivity index (χ0) is 19.6. The SMILES string of the molecule is Oc1cccccc1=[OH+].c1cc[c]([Sn]([c]2ccccc2)[c]2ccccc2)cc1. The topological polar surface area (TPSA) is 41.6 Å². The van der Waals surface area contributed by atoms with E-state index in [-0.39, 0.29) is 11.2 Å². The molecule has 0 heterocycles. The molecule has 4 aromatic rings. The molecule has 0 saturated heterocycles. The zero-order valence-corrected chi connectivity index (χ0v) is 18.3. The minimum atomic E-state index is -1.98. The third kappa shape index (κ3) is 5.57. The van der Waals surface area contributed by atoms with Gasteiger partial charge in [-0.25, -0.2) is 0 Å². The van der Waals surface area contributed by atoms with Crippen molar-refractivity contribution in [3.05, 3.63) is 127 Å². The van der Waals surface area contributed by atoms with Crippen molar-refractivity contribution in [2.24, 2.45) is 0 Å². The van der Waals surface area contributed by atoms with Crippen LogP contribution in [0.2, 0.25) is 0 Å². The van der Waals surface area contributed by atoms with Crippen LogP contribution in [0.25, 0.3) is 0 Å². The Hall–Kier alpha value is -2.85. The molecule has 2 nitrogen and oxygen atoms in total. The summed E-state index contributed by atoms with van der Waals surface area (Å²) in [5.74, 6) is -0.0972. The van der Waals surface area contributed by atoms with Crippen molar-refractivity contribution < 1.29 is 9.90 Å². The van der Waals surface area contributed by atoms with E-state index in [0.717, 1.165) is 0 Å². The predicted octanol–water partition coefficient (Wildman–Crippen LogP) is 2.60. The van der Waals surface area contributed by atoms with Gasteiger partial charge in [-0.1, -0.05) is 18.2 Å². The molecule has 0 aliphatic heterocycles. The van der Waals surface area contributed by atoms with Crippen molar-refractivity contribution in [1.29, 1.82) is 0 Å². The van der Waals surface area contributed by atoms with E-state index in [0.29, 0.717) is 0 Å². The summed E-state index contributed by atoms with van der Waals surface area (Å²) in [5, 5.41) is 8.83. The van der Waals surface area contributed by atoms with E-state index in [9.17, 15) is 0 Å². The van der Waals surface area contributed by atoms with Crippen LogP contribution >= 0.6 is 0 Å². The van der Waals surface area contributed by atoms with E-state index in [1.807, 2.05) is 0 Å². The Morgan fingerprint density at radius 2 is 0.786 bits per heavy atom. The second-order valence-electron chi connectivity index (χ2n) is 6.15. The molecule has 4 rings (SSSR count). The molecule has 0 fully saturated rings. The van der Waals surface area contributed by atoms with Gasteiger partial charge in [0.05, 0.1) is 0 Å². The van der Waals surface area contributed by atoms with Gasteiger partial charge in [0.15, 0.2) is 0 Å². The van der Waals surface area contributed by atoms with Gasteiger partial charge in [-0.3, -0.25) is 4.79 Å². The van der Waals surface area contributed by atoms with Crippen LogP contribution in [0.1, 0.15) is 0 Å². The van der Waals surface area contributed by atoms with Gasteiger partial charge in [-0.05, 0) is 6.07 Å². The summed E-state index contributed by atoms with van der Waals surface area (Å²) in [5.41, 5.74) is -0.0972. The van der Waals surface area contributed by atoms with Gasteiger partial charge in [0.2, 0.25) is 5.75 Å². The summed E-state index contributed by atoms with van der Waals surface area (Å²) >= 11 is -1.98. The Kier molecular flexibility index (Phi) is 7.44. The molecule has 0 saturated carbocycles. The van der Waals surface area contributed by atoms with E-state index in [1.165, 1.54) is 22.9 Å². The molecular weight excluding hydrogens is 451 g/mol. The second-order valence-corrected chi connectivity index (χ2v) is 13.2. The first-order chi connectivity index (χ1) is 13.8. The van der Waals surface area contributed by atoms with Crippen LogP contribution in [0, 0.1) is 0 Å². The Bertz CT molecular complexity index is 942. The Balaban J connectivity index is 0.000000211. The number of hydrogen-bond donors (Lipinski definition) is 1. The Morgan fingerprint density at radius 3 is 1.18 bits per heavy atom. The van der Waals surface area contributed by atoms with Crippen LogP contribution in [-0.2, 0) is 0 Å². The van der Waals surface area contributed by atoms with Gasteiger partial charge < -0.3 is 5.11 Å². The quantitative estimate of drug-likeness (QED) is 0.361. The zero-order valence-electron chi connectivity index (χ0n) is 15.4. The molecule has 28 heavy (non-hydrogen) atoms. The number of benzene rings is 3. The first-order valence-electron chi connectivity index (χ1n) is 9.09. The fourth-order valence-electron chi connectivity index (χ4n) is 2.84. The molecule has 0 aliphatic carbocycles. The minimum absolute atomic E-state index is 0.0972. The van der Waals surface area contributed by atoms with E-state index in [4.69, 9.17) is 9.90 Å². The fourth-order valence-corrected chi connectivity index (χ4v) is 10.2. The Labute approximate surface area is 172 Å². The summed E-state index contributed by atoms with van der Waals surface area (Å²) < 4.78 is 4.59. The van der Waals surface area contributed by atoms with Crippen LogP contribution in [0.4, 0.5) is 0 Å². The van der Waals surface area contributed by atoms with E-state index in [2.05, 4.69) is 91.0 Å². The van der Waals surface area contributed by atoms with E-state index in [1.54, 1.807) is 18.2 Å². The fraction of sp³-hybridized carbons (Fsp3) is 0. The van der Waals surface area contributed by atoms with E-state index < -0.39 is 19.8 Å². The van der Waals surface area contributed by atoms with Gasteiger partial charge in [0.1, 0.15) is 0 Å². The van der Waals surface area contributed by atoms with E-state index >= 15 is 0 Å². The van der Waals surface area contributed by atoms with Crippen molar-refractivity contribution >= 4 is 30.5 Å². The van der Waals surface area contributed by atoms with Gasteiger partial charge >= 0.3 is 127 Å². The van der Waals surface area contributed by atoms with Gasteiger partial charge in [-0.2, -0.15) is 0 Å². The first-order valence-corrected chi connectivity index (χ1v) is 13.4.